The molecule has 2 rings (SSSR count). The second kappa shape index (κ2) is 7.89. The maximum absolute atomic E-state index is 12.0. The highest BCUT2D eigenvalue weighted by atomic mass is 32.2. The van der Waals surface area contributed by atoms with Crippen molar-refractivity contribution in [3.8, 4) is 11.8 Å². The molecule has 1 heterocycles. The zero-order valence-electron chi connectivity index (χ0n) is 11.6. The lowest BCUT2D eigenvalue weighted by molar-refractivity contribution is 0.0951. The van der Waals surface area contributed by atoms with E-state index in [4.69, 9.17) is 5.11 Å². The van der Waals surface area contributed by atoms with Crippen molar-refractivity contribution in [3.63, 3.8) is 0 Å². The number of amides is 1. The first-order valence-corrected chi connectivity index (χ1v) is 8.37. The number of thioether (sulfide) groups is 1. The average Bonchev–Trinajstić information content (AvgIpc) is 2.98. The van der Waals surface area contributed by atoms with Crippen molar-refractivity contribution in [2.45, 2.75) is 11.4 Å². The van der Waals surface area contributed by atoms with E-state index in [1.165, 1.54) is 11.3 Å². The number of benzene rings is 1. The molecule has 3 nitrogen and oxygen atoms in total. The number of aliphatic hydroxyl groups excluding tert-OH is 1. The molecule has 108 valence electrons. The number of aliphatic hydroxyl groups is 1. The second-order valence-electron chi connectivity index (χ2n) is 4.14. The summed E-state index contributed by atoms with van der Waals surface area (Å²) >= 11 is 3.16. The third-order valence-corrected chi connectivity index (χ3v) is 4.47. The topological polar surface area (TPSA) is 49.3 Å². The van der Waals surface area contributed by atoms with Crippen molar-refractivity contribution in [3.05, 3.63) is 51.7 Å². The maximum atomic E-state index is 12.0. The van der Waals surface area contributed by atoms with Crippen LogP contribution in [0.3, 0.4) is 0 Å². The highest BCUT2D eigenvalue weighted by Gasteiger charge is 2.06. The normalized spacial score (nSPS) is 9.81. The summed E-state index contributed by atoms with van der Waals surface area (Å²) in [4.78, 5) is 15.1. The van der Waals surface area contributed by atoms with Gasteiger partial charge < -0.3 is 10.4 Å². The first-order chi connectivity index (χ1) is 10.2. The van der Waals surface area contributed by atoms with Crippen LogP contribution < -0.4 is 5.32 Å². The van der Waals surface area contributed by atoms with Crippen molar-refractivity contribution >= 4 is 29.0 Å². The summed E-state index contributed by atoms with van der Waals surface area (Å²) in [6, 6.07) is 11.4. The molecule has 2 aromatic rings. The molecule has 0 aliphatic rings. The number of nitrogens with one attached hydrogen (secondary N) is 1. The van der Waals surface area contributed by atoms with Crippen LogP contribution >= 0.6 is 23.1 Å². The molecule has 0 bridgehead atoms. The van der Waals surface area contributed by atoms with Crippen molar-refractivity contribution in [2.75, 3.05) is 12.9 Å². The van der Waals surface area contributed by atoms with Gasteiger partial charge in [0.15, 0.2) is 0 Å². The third-order valence-electron chi connectivity index (χ3n) is 2.73. The molecule has 0 saturated heterocycles. The van der Waals surface area contributed by atoms with Gasteiger partial charge in [-0.1, -0.05) is 11.8 Å². The van der Waals surface area contributed by atoms with Gasteiger partial charge in [0.2, 0.25) is 0 Å². The number of thiophene rings is 1. The zero-order chi connectivity index (χ0) is 15.1. The molecule has 0 atom stereocenters. The highest BCUT2D eigenvalue weighted by molar-refractivity contribution is 7.98. The average molecular weight is 317 g/mol. The van der Waals surface area contributed by atoms with Gasteiger partial charge in [-0.3, -0.25) is 4.79 Å². The number of rotatable bonds is 4. The van der Waals surface area contributed by atoms with Crippen LogP contribution in [0.25, 0.3) is 0 Å². The molecule has 0 aliphatic carbocycles. The summed E-state index contributed by atoms with van der Waals surface area (Å²) in [7, 11) is 0. The van der Waals surface area contributed by atoms with Crippen LogP contribution in [-0.2, 0) is 6.54 Å². The van der Waals surface area contributed by atoms with Crippen LogP contribution in [0, 0.1) is 11.8 Å². The highest BCUT2D eigenvalue weighted by Crippen LogP contribution is 2.16. The lowest BCUT2D eigenvalue weighted by atomic mass is 10.2. The summed E-state index contributed by atoms with van der Waals surface area (Å²) in [6.45, 7) is 0.338. The molecule has 0 aliphatic heterocycles. The van der Waals surface area contributed by atoms with E-state index >= 15 is 0 Å². The van der Waals surface area contributed by atoms with Gasteiger partial charge in [-0.25, -0.2) is 0 Å². The summed E-state index contributed by atoms with van der Waals surface area (Å²) < 4.78 is 0. The Morgan fingerprint density at radius 1 is 1.29 bits per heavy atom. The maximum Gasteiger partial charge on any atom is 0.251 e. The van der Waals surface area contributed by atoms with Crippen LogP contribution in [0.2, 0.25) is 0 Å². The van der Waals surface area contributed by atoms with Gasteiger partial charge >= 0.3 is 0 Å². The summed E-state index contributed by atoms with van der Waals surface area (Å²) in [5, 5.41) is 11.5. The SMILES string of the molecule is CSc1ccc(C(=O)NCc2ccc(C#CCO)s2)cc1. The number of carbonyl (C=O) groups excluding carboxylic acids is 1. The standard InChI is InChI=1S/C16H15NO2S2/c1-20-13-6-4-12(5-7-13)16(19)17-11-15-9-8-14(21-15)3-2-10-18/h4-9,18H,10-11H2,1H3,(H,17,19). The first-order valence-electron chi connectivity index (χ1n) is 6.33. The Bertz CT molecular complexity index is 666. The predicted molar refractivity (Wildman–Crippen MR) is 87.7 cm³/mol. The fraction of sp³-hybridized carbons (Fsp3) is 0.188. The van der Waals surface area contributed by atoms with Crippen LogP contribution in [0.5, 0.6) is 0 Å². The summed E-state index contributed by atoms with van der Waals surface area (Å²) in [5.74, 6) is 5.37. The molecular formula is C16H15NO2S2. The smallest absolute Gasteiger partial charge is 0.251 e. The van der Waals surface area contributed by atoms with Crippen molar-refractivity contribution in [1.29, 1.82) is 0 Å². The monoisotopic (exact) mass is 317 g/mol. The van der Waals surface area contributed by atoms with E-state index in [1.807, 2.05) is 42.7 Å². The van der Waals surface area contributed by atoms with Crippen molar-refractivity contribution in [2.24, 2.45) is 0 Å². The van der Waals surface area contributed by atoms with Gasteiger partial charge in [0.05, 0.1) is 11.4 Å². The molecule has 0 saturated carbocycles. The summed E-state index contributed by atoms with van der Waals surface area (Å²) in [5.41, 5.74) is 0.657. The molecule has 0 unspecified atom stereocenters. The predicted octanol–water partition coefficient (Wildman–Crippen LogP) is 2.74. The minimum absolute atomic E-state index is 0.0842. The molecule has 21 heavy (non-hydrogen) atoms. The fourth-order valence-corrected chi connectivity index (χ4v) is 2.91. The molecule has 1 aromatic carbocycles. The minimum atomic E-state index is -0.143. The van der Waals surface area contributed by atoms with E-state index in [1.54, 1.807) is 11.8 Å². The molecular weight excluding hydrogens is 302 g/mol. The van der Waals surface area contributed by atoms with E-state index in [0.717, 1.165) is 14.6 Å². The van der Waals surface area contributed by atoms with Gasteiger partial charge in [-0.05, 0) is 42.7 Å². The van der Waals surface area contributed by atoms with Gasteiger partial charge in [-0.2, -0.15) is 0 Å². The van der Waals surface area contributed by atoms with Gasteiger partial charge in [0.25, 0.3) is 5.91 Å². The Hall–Kier alpha value is -1.74. The van der Waals surface area contributed by atoms with Crippen LogP contribution in [0.4, 0.5) is 0 Å². The molecule has 2 N–H and O–H groups in total. The Labute approximate surface area is 132 Å². The molecule has 0 radical (unpaired) electrons. The third kappa shape index (κ3) is 4.64. The van der Waals surface area contributed by atoms with Gasteiger partial charge in [-0.15, -0.1) is 23.1 Å². The van der Waals surface area contributed by atoms with Crippen LogP contribution in [0.15, 0.2) is 41.3 Å². The van der Waals surface area contributed by atoms with Gasteiger partial charge in [0, 0.05) is 15.3 Å². The number of carbonyl (C=O) groups is 1. The van der Waals surface area contributed by atoms with Crippen LogP contribution in [0.1, 0.15) is 20.1 Å². The Balaban J connectivity index is 1.92. The van der Waals surface area contributed by atoms with E-state index in [0.29, 0.717) is 12.1 Å². The van der Waals surface area contributed by atoms with Crippen molar-refractivity contribution in [1.82, 2.24) is 5.32 Å². The van der Waals surface area contributed by atoms with E-state index in [2.05, 4.69) is 17.2 Å². The fourth-order valence-electron chi connectivity index (χ4n) is 1.68. The lowest BCUT2D eigenvalue weighted by Gasteiger charge is -2.04. The van der Waals surface area contributed by atoms with E-state index in [-0.39, 0.29) is 12.5 Å². The molecule has 1 aromatic heterocycles. The lowest BCUT2D eigenvalue weighted by Crippen LogP contribution is -2.22. The largest absolute Gasteiger partial charge is 0.384 e. The number of hydrogen-bond donors (Lipinski definition) is 2. The quantitative estimate of drug-likeness (QED) is 0.673. The number of hydrogen-bond acceptors (Lipinski definition) is 4. The summed E-state index contributed by atoms with van der Waals surface area (Å²) in [6.07, 6.45) is 2.00. The van der Waals surface area contributed by atoms with E-state index in [9.17, 15) is 4.79 Å². The second-order valence-corrected chi connectivity index (χ2v) is 6.19. The molecule has 5 heteroatoms. The van der Waals surface area contributed by atoms with E-state index < -0.39 is 0 Å². The Morgan fingerprint density at radius 2 is 2.05 bits per heavy atom. The minimum Gasteiger partial charge on any atom is -0.384 e. The zero-order valence-corrected chi connectivity index (χ0v) is 13.2. The van der Waals surface area contributed by atoms with Gasteiger partial charge in [0.1, 0.15) is 6.61 Å². The Kier molecular flexibility index (Phi) is 5.88. The molecule has 0 spiro atoms. The van der Waals surface area contributed by atoms with Crippen LogP contribution in [-0.4, -0.2) is 23.9 Å². The molecule has 0 fully saturated rings. The first kappa shape index (κ1) is 15.6. The van der Waals surface area contributed by atoms with Crippen molar-refractivity contribution < 1.29 is 9.90 Å². The molecule has 1 amide bonds. The Morgan fingerprint density at radius 3 is 2.71 bits per heavy atom.